The van der Waals surface area contributed by atoms with Gasteiger partial charge < -0.3 is 14.8 Å². The van der Waals surface area contributed by atoms with Crippen LogP contribution in [0.2, 0.25) is 0 Å². The summed E-state index contributed by atoms with van der Waals surface area (Å²) in [6.07, 6.45) is 3.22. The molecule has 2 unspecified atom stereocenters. The lowest BCUT2D eigenvalue weighted by molar-refractivity contribution is -0.384. The number of nitrogens with one attached hydrogen (secondary N) is 1. The Hall–Kier alpha value is -1.82. The van der Waals surface area contributed by atoms with Gasteiger partial charge in [-0.3, -0.25) is 10.1 Å². The zero-order valence-corrected chi connectivity index (χ0v) is 11.8. The van der Waals surface area contributed by atoms with Crippen molar-refractivity contribution in [2.24, 2.45) is 0 Å². The minimum Gasteiger partial charge on any atom is -0.494 e. The second kappa shape index (κ2) is 6.56. The Bertz CT molecular complexity index is 478. The third-order valence-corrected chi connectivity index (χ3v) is 3.50. The van der Waals surface area contributed by atoms with E-state index in [2.05, 4.69) is 5.32 Å². The normalized spacial score (nSPS) is 21.7. The average Bonchev–Trinajstić information content (AvgIpc) is 2.86. The van der Waals surface area contributed by atoms with E-state index in [0.717, 1.165) is 24.9 Å². The van der Waals surface area contributed by atoms with Gasteiger partial charge in [-0.2, -0.15) is 0 Å². The lowest BCUT2D eigenvalue weighted by atomic mass is 10.2. The minimum absolute atomic E-state index is 0.0414. The van der Waals surface area contributed by atoms with Crippen LogP contribution in [0.25, 0.3) is 0 Å². The number of rotatable bonds is 6. The van der Waals surface area contributed by atoms with Crippen molar-refractivity contribution >= 4 is 11.4 Å². The van der Waals surface area contributed by atoms with Gasteiger partial charge in [0.1, 0.15) is 5.75 Å². The molecule has 0 aliphatic heterocycles. The molecule has 1 saturated carbocycles. The molecule has 0 bridgehead atoms. The van der Waals surface area contributed by atoms with Gasteiger partial charge in [-0.05, 0) is 26.2 Å². The Morgan fingerprint density at radius 3 is 2.80 bits per heavy atom. The first-order valence-corrected chi connectivity index (χ1v) is 6.84. The highest BCUT2D eigenvalue weighted by molar-refractivity contribution is 5.57. The van der Waals surface area contributed by atoms with Crippen molar-refractivity contribution in [1.29, 1.82) is 0 Å². The Balaban J connectivity index is 2.12. The highest BCUT2D eigenvalue weighted by atomic mass is 16.6. The van der Waals surface area contributed by atoms with Crippen LogP contribution in [0.3, 0.4) is 0 Å². The highest BCUT2D eigenvalue weighted by Crippen LogP contribution is 2.30. The summed E-state index contributed by atoms with van der Waals surface area (Å²) < 4.78 is 10.7. The molecule has 0 aromatic heterocycles. The predicted molar refractivity (Wildman–Crippen MR) is 76.3 cm³/mol. The molecule has 0 saturated heterocycles. The summed E-state index contributed by atoms with van der Waals surface area (Å²) in [5, 5.41) is 14.3. The molecule has 2 rings (SSSR count). The van der Waals surface area contributed by atoms with Gasteiger partial charge in [-0.15, -0.1) is 0 Å². The number of non-ortho nitro benzene ring substituents is 1. The van der Waals surface area contributed by atoms with Crippen LogP contribution in [0.4, 0.5) is 11.4 Å². The molecular weight excluding hydrogens is 260 g/mol. The summed E-state index contributed by atoms with van der Waals surface area (Å²) in [5.41, 5.74) is 0.768. The summed E-state index contributed by atoms with van der Waals surface area (Å²) in [6, 6.07) is 5.08. The molecule has 1 aliphatic carbocycles. The molecule has 20 heavy (non-hydrogen) atoms. The quantitative estimate of drug-likeness (QED) is 0.640. The van der Waals surface area contributed by atoms with E-state index < -0.39 is 4.92 Å². The van der Waals surface area contributed by atoms with Crippen LogP contribution in [-0.4, -0.2) is 30.8 Å². The third kappa shape index (κ3) is 3.60. The molecule has 0 heterocycles. The minimum atomic E-state index is -0.402. The molecule has 6 heteroatoms. The Labute approximate surface area is 118 Å². The SMILES string of the molecule is CCOc1cc(NC2CCC(OC)C2)cc([N+](=O)[O-])c1. The zero-order valence-electron chi connectivity index (χ0n) is 11.8. The van der Waals surface area contributed by atoms with Crippen molar-refractivity contribution in [2.75, 3.05) is 19.0 Å². The number of nitro benzene ring substituents is 1. The molecule has 6 nitrogen and oxygen atoms in total. The Morgan fingerprint density at radius 2 is 2.20 bits per heavy atom. The molecule has 0 amide bonds. The number of anilines is 1. The molecule has 1 N–H and O–H groups in total. The van der Waals surface area contributed by atoms with Crippen molar-refractivity contribution in [3.05, 3.63) is 28.3 Å². The largest absolute Gasteiger partial charge is 0.494 e. The molecule has 2 atom stereocenters. The lowest BCUT2D eigenvalue weighted by Crippen LogP contribution is -2.17. The van der Waals surface area contributed by atoms with E-state index in [4.69, 9.17) is 9.47 Å². The van der Waals surface area contributed by atoms with Crippen LogP contribution in [0, 0.1) is 10.1 Å². The number of nitrogens with zero attached hydrogens (tertiary/aromatic N) is 1. The monoisotopic (exact) mass is 280 g/mol. The van der Waals surface area contributed by atoms with Crippen LogP contribution in [-0.2, 0) is 4.74 Å². The van der Waals surface area contributed by atoms with Crippen LogP contribution < -0.4 is 10.1 Å². The molecule has 0 spiro atoms. The van der Waals surface area contributed by atoms with Gasteiger partial charge in [0.2, 0.25) is 0 Å². The maximum atomic E-state index is 10.9. The topological polar surface area (TPSA) is 73.6 Å². The summed E-state index contributed by atoms with van der Waals surface area (Å²) in [5.74, 6) is 0.519. The van der Waals surface area contributed by atoms with Crippen molar-refractivity contribution in [3.8, 4) is 5.75 Å². The number of methoxy groups -OCH3 is 1. The fourth-order valence-corrected chi connectivity index (χ4v) is 2.54. The van der Waals surface area contributed by atoms with Crippen molar-refractivity contribution in [2.45, 2.75) is 38.3 Å². The molecule has 1 fully saturated rings. The smallest absolute Gasteiger partial charge is 0.275 e. The number of hydrogen-bond acceptors (Lipinski definition) is 5. The maximum Gasteiger partial charge on any atom is 0.275 e. The highest BCUT2D eigenvalue weighted by Gasteiger charge is 2.24. The number of ether oxygens (including phenoxy) is 2. The Kier molecular flexibility index (Phi) is 4.79. The molecule has 1 aromatic carbocycles. The van der Waals surface area contributed by atoms with Crippen LogP contribution in [0.5, 0.6) is 5.75 Å². The summed E-state index contributed by atoms with van der Waals surface area (Å²) in [4.78, 5) is 10.5. The average molecular weight is 280 g/mol. The molecule has 1 aromatic rings. The first-order valence-electron chi connectivity index (χ1n) is 6.84. The van der Waals surface area contributed by atoms with Crippen LogP contribution >= 0.6 is 0 Å². The standard InChI is InChI=1S/C14H20N2O4/c1-3-20-14-8-11(6-12(9-14)16(17)18)15-10-4-5-13(7-10)19-2/h6,8-10,13,15H,3-5,7H2,1-2H3. The number of hydrogen-bond donors (Lipinski definition) is 1. The number of nitro groups is 1. The van der Waals surface area contributed by atoms with E-state index in [1.54, 1.807) is 19.2 Å². The van der Waals surface area contributed by atoms with Gasteiger partial charge in [0.05, 0.1) is 23.7 Å². The van der Waals surface area contributed by atoms with Crippen molar-refractivity contribution in [3.63, 3.8) is 0 Å². The Morgan fingerprint density at radius 1 is 1.40 bits per heavy atom. The summed E-state index contributed by atoms with van der Waals surface area (Å²) in [7, 11) is 1.72. The predicted octanol–water partition coefficient (Wildman–Crippen LogP) is 2.97. The van der Waals surface area contributed by atoms with E-state index in [9.17, 15) is 10.1 Å². The van der Waals surface area contributed by atoms with E-state index in [-0.39, 0.29) is 17.8 Å². The third-order valence-electron chi connectivity index (χ3n) is 3.50. The molecule has 0 radical (unpaired) electrons. The fraction of sp³-hybridized carbons (Fsp3) is 0.571. The first kappa shape index (κ1) is 14.6. The van der Waals surface area contributed by atoms with E-state index >= 15 is 0 Å². The van der Waals surface area contributed by atoms with E-state index in [1.807, 2.05) is 6.92 Å². The molecule has 1 aliphatic rings. The second-order valence-corrected chi connectivity index (χ2v) is 4.92. The van der Waals surface area contributed by atoms with Crippen molar-refractivity contribution in [1.82, 2.24) is 0 Å². The first-order chi connectivity index (χ1) is 9.62. The van der Waals surface area contributed by atoms with Gasteiger partial charge in [-0.1, -0.05) is 0 Å². The van der Waals surface area contributed by atoms with Crippen LogP contribution in [0.1, 0.15) is 26.2 Å². The lowest BCUT2D eigenvalue weighted by Gasteiger charge is -2.15. The van der Waals surface area contributed by atoms with Crippen LogP contribution in [0.15, 0.2) is 18.2 Å². The second-order valence-electron chi connectivity index (χ2n) is 4.92. The summed E-state index contributed by atoms with van der Waals surface area (Å²) in [6.45, 7) is 2.34. The van der Waals surface area contributed by atoms with Crippen molar-refractivity contribution < 1.29 is 14.4 Å². The van der Waals surface area contributed by atoms with E-state index in [1.165, 1.54) is 6.07 Å². The van der Waals surface area contributed by atoms with Gasteiger partial charge in [-0.25, -0.2) is 0 Å². The maximum absolute atomic E-state index is 10.9. The van der Waals surface area contributed by atoms with Gasteiger partial charge in [0.25, 0.3) is 5.69 Å². The molecular formula is C14H20N2O4. The van der Waals surface area contributed by atoms with E-state index in [0.29, 0.717) is 12.4 Å². The fourth-order valence-electron chi connectivity index (χ4n) is 2.54. The molecule has 110 valence electrons. The zero-order chi connectivity index (χ0) is 14.5. The van der Waals surface area contributed by atoms with Gasteiger partial charge in [0.15, 0.2) is 0 Å². The number of benzene rings is 1. The van der Waals surface area contributed by atoms with Gasteiger partial charge >= 0.3 is 0 Å². The summed E-state index contributed by atoms with van der Waals surface area (Å²) >= 11 is 0. The van der Waals surface area contributed by atoms with Gasteiger partial charge in [0, 0.05) is 31.0 Å².